The van der Waals surface area contributed by atoms with Gasteiger partial charge in [0.1, 0.15) is 0 Å². The Hall–Kier alpha value is -2.68. The number of aliphatic hydroxyl groups excluding tert-OH is 1. The van der Waals surface area contributed by atoms with E-state index in [9.17, 15) is 19.7 Å². The Labute approximate surface area is 138 Å². The number of nitro groups is 1. The number of hydrogen-bond donors (Lipinski definition) is 3. The first-order chi connectivity index (χ1) is 11.4. The molecule has 0 bridgehead atoms. The van der Waals surface area contributed by atoms with E-state index in [2.05, 4.69) is 10.6 Å². The topological polar surface area (TPSA) is 131 Å². The first-order valence-electron chi connectivity index (χ1n) is 7.57. The standard InChI is InChI=1S/C15H19N3O6/c1-9(14(20)17-10-2-3-10)24-15(21)12-8-11(18(22)23)4-5-13(12)16-6-7-19/h4-5,8-10,16,19H,2-3,6-7H2,1H3,(H,17,20). The minimum Gasteiger partial charge on any atom is -0.449 e. The van der Waals surface area contributed by atoms with Crippen LogP contribution in [0.15, 0.2) is 18.2 Å². The molecule has 130 valence electrons. The second kappa shape index (κ2) is 7.73. The van der Waals surface area contributed by atoms with Crippen LogP contribution in [0.25, 0.3) is 0 Å². The van der Waals surface area contributed by atoms with E-state index in [1.54, 1.807) is 0 Å². The van der Waals surface area contributed by atoms with Crippen molar-refractivity contribution in [2.75, 3.05) is 18.5 Å². The molecule has 0 heterocycles. The number of nitrogens with zero attached hydrogens (tertiary/aromatic N) is 1. The lowest BCUT2D eigenvalue weighted by Crippen LogP contribution is -2.37. The number of rotatable bonds is 8. The first kappa shape index (κ1) is 17.7. The minimum absolute atomic E-state index is 0.0660. The molecule has 9 heteroatoms. The molecule has 24 heavy (non-hydrogen) atoms. The van der Waals surface area contributed by atoms with Crippen LogP contribution in [0.3, 0.4) is 0 Å². The molecule has 1 unspecified atom stereocenters. The molecule has 0 aromatic heterocycles. The van der Waals surface area contributed by atoms with Crippen molar-refractivity contribution in [3.05, 3.63) is 33.9 Å². The van der Waals surface area contributed by atoms with Crippen molar-refractivity contribution in [2.45, 2.75) is 31.9 Å². The van der Waals surface area contributed by atoms with Crippen LogP contribution < -0.4 is 10.6 Å². The fraction of sp³-hybridized carbons (Fsp3) is 0.467. The van der Waals surface area contributed by atoms with Gasteiger partial charge in [0.2, 0.25) is 0 Å². The third kappa shape index (κ3) is 4.66. The van der Waals surface area contributed by atoms with Crippen LogP contribution in [0.4, 0.5) is 11.4 Å². The van der Waals surface area contributed by atoms with Crippen molar-refractivity contribution >= 4 is 23.3 Å². The molecule has 0 spiro atoms. The number of hydrogen-bond acceptors (Lipinski definition) is 7. The lowest BCUT2D eigenvalue weighted by Gasteiger charge is -2.15. The second-order valence-electron chi connectivity index (χ2n) is 5.47. The molecule has 0 radical (unpaired) electrons. The van der Waals surface area contributed by atoms with Gasteiger partial charge in [0.25, 0.3) is 11.6 Å². The van der Waals surface area contributed by atoms with Gasteiger partial charge < -0.3 is 20.5 Å². The number of carbonyl (C=O) groups is 2. The highest BCUT2D eigenvalue weighted by Crippen LogP contribution is 2.24. The molecule has 2 rings (SSSR count). The quantitative estimate of drug-likeness (QED) is 0.363. The van der Waals surface area contributed by atoms with Gasteiger partial charge in [-0.05, 0) is 25.8 Å². The van der Waals surface area contributed by atoms with E-state index in [0.29, 0.717) is 0 Å². The molecule has 1 amide bonds. The molecule has 1 aliphatic carbocycles. The van der Waals surface area contributed by atoms with Crippen molar-refractivity contribution < 1.29 is 24.4 Å². The monoisotopic (exact) mass is 337 g/mol. The fourth-order valence-corrected chi connectivity index (χ4v) is 1.98. The summed E-state index contributed by atoms with van der Waals surface area (Å²) in [6, 6.07) is 3.81. The van der Waals surface area contributed by atoms with Gasteiger partial charge in [-0.2, -0.15) is 0 Å². The lowest BCUT2D eigenvalue weighted by molar-refractivity contribution is -0.384. The van der Waals surface area contributed by atoms with Gasteiger partial charge in [-0.25, -0.2) is 4.79 Å². The molecule has 3 N–H and O–H groups in total. The molecule has 0 aliphatic heterocycles. The van der Waals surface area contributed by atoms with E-state index < -0.39 is 22.9 Å². The summed E-state index contributed by atoms with van der Waals surface area (Å²) < 4.78 is 5.11. The number of ether oxygens (including phenoxy) is 1. The average Bonchev–Trinajstić information content (AvgIpc) is 3.36. The SMILES string of the molecule is CC(OC(=O)c1cc([N+](=O)[O-])ccc1NCCO)C(=O)NC1CC1. The van der Waals surface area contributed by atoms with E-state index in [0.717, 1.165) is 18.9 Å². The summed E-state index contributed by atoms with van der Waals surface area (Å²) in [5.74, 6) is -1.25. The summed E-state index contributed by atoms with van der Waals surface area (Å²) >= 11 is 0. The van der Waals surface area contributed by atoms with Crippen LogP contribution in [0.1, 0.15) is 30.1 Å². The van der Waals surface area contributed by atoms with Gasteiger partial charge in [-0.3, -0.25) is 14.9 Å². The second-order valence-corrected chi connectivity index (χ2v) is 5.47. The van der Waals surface area contributed by atoms with Gasteiger partial charge >= 0.3 is 5.97 Å². The number of esters is 1. The molecular weight excluding hydrogens is 318 g/mol. The zero-order valence-electron chi connectivity index (χ0n) is 13.2. The Morgan fingerprint density at radius 2 is 2.17 bits per heavy atom. The Kier molecular flexibility index (Phi) is 5.69. The highest BCUT2D eigenvalue weighted by atomic mass is 16.6. The van der Waals surface area contributed by atoms with Crippen LogP contribution in [-0.2, 0) is 9.53 Å². The number of aliphatic hydroxyl groups is 1. The summed E-state index contributed by atoms with van der Waals surface area (Å²) in [5.41, 5.74) is -0.0512. The van der Waals surface area contributed by atoms with E-state index in [4.69, 9.17) is 9.84 Å². The van der Waals surface area contributed by atoms with E-state index in [1.807, 2.05) is 0 Å². The maximum absolute atomic E-state index is 12.3. The number of benzene rings is 1. The number of amides is 1. The molecule has 9 nitrogen and oxygen atoms in total. The predicted octanol–water partition coefficient (Wildman–Crippen LogP) is 0.823. The van der Waals surface area contributed by atoms with Crippen LogP contribution >= 0.6 is 0 Å². The highest BCUT2D eigenvalue weighted by Gasteiger charge is 2.28. The number of anilines is 1. The molecule has 1 saturated carbocycles. The van der Waals surface area contributed by atoms with E-state index in [1.165, 1.54) is 19.1 Å². The third-order valence-electron chi connectivity index (χ3n) is 3.44. The third-order valence-corrected chi connectivity index (χ3v) is 3.44. The van der Waals surface area contributed by atoms with Crippen molar-refractivity contribution in [2.24, 2.45) is 0 Å². The lowest BCUT2D eigenvalue weighted by atomic mass is 10.1. The summed E-state index contributed by atoms with van der Waals surface area (Å²) in [6.07, 6.45) is 0.807. The summed E-state index contributed by atoms with van der Waals surface area (Å²) in [5, 5.41) is 25.3. The zero-order chi connectivity index (χ0) is 17.7. The number of nitrogens with one attached hydrogen (secondary N) is 2. The number of carbonyl (C=O) groups excluding carboxylic acids is 2. The van der Waals surface area contributed by atoms with Gasteiger partial charge in [0, 0.05) is 30.4 Å². The zero-order valence-corrected chi connectivity index (χ0v) is 13.2. The van der Waals surface area contributed by atoms with Crippen LogP contribution in [-0.4, -0.2) is 47.2 Å². The van der Waals surface area contributed by atoms with Crippen LogP contribution in [0.2, 0.25) is 0 Å². The molecule has 1 fully saturated rings. The Balaban J connectivity index is 2.13. The summed E-state index contributed by atoms with van der Waals surface area (Å²) in [7, 11) is 0. The number of nitro benzene ring substituents is 1. The Bertz CT molecular complexity index is 644. The first-order valence-corrected chi connectivity index (χ1v) is 7.57. The maximum Gasteiger partial charge on any atom is 0.341 e. The summed E-state index contributed by atoms with van der Waals surface area (Å²) in [4.78, 5) is 34.4. The predicted molar refractivity (Wildman–Crippen MR) is 84.7 cm³/mol. The number of non-ortho nitro benzene ring substituents is 1. The largest absolute Gasteiger partial charge is 0.449 e. The van der Waals surface area contributed by atoms with Gasteiger partial charge in [0.05, 0.1) is 17.1 Å². The van der Waals surface area contributed by atoms with Gasteiger partial charge in [-0.15, -0.1) is 0 Å². The van der Waals surface area contributed by atoms with Gasteiger partial charge in [-0.1, -0.05) is 0 Å². The van der Waals surface area contributed by atoms with Crippen molar-refractivity contribution in [1.82, 2.24) is 5.32 Å². The van der Waals surface area contributed by atoms with Gasteiger partial charge in [0.15, 0.2) is 6.10 Å². The molecular formula is C15H19N3O6. The molecule has 1 aliphatic rings. The molecule has 1 aromatic carbocycles. The van der Waals surface area contributed by atoms with Crippen molar-refractivity contribution in [3.63, 3.8) is 0 Å². The highest BCUT2D eigenvalue weighted by molar-refractivity contribution is 5.98. The smallest absolute Gasteiger partial charge is 0.341 e. The van der Waals surface area contributed by atoms with Crippen LogP contribution in [0, 0.1) is 10.1 Å². The Morgan fingerprint density at radius 3 is 2.75 bits per heavy atom. The minimum atomic E-state index is -1.01. The van der Waals surface area contributed by atoms with Crippen LogP contribution in [0.5, 0.6) is 0 Å². The van der Waals surface area contributed by atoms with Crippen molar-refractivity contribution in [3.8, 4) is 0 Å². The van der Waals surface area contributed by atoms with E-state index in [-0.39, 0.29) is 36.1 Å². The molecule has 0 saturated heterocycles. The fourth-order valence-electron chi connectivity index (χ4n) is 1.98. The molecule has 1 aromatic rings. The Morgan fingerprint density at radius 1 is 1.46 bits per heavy atom. The average molecular weight is 337 g/mol. The van der Waals surface area contributed by atoms with E-state index >= 15 is 0 Å². The molecule has 1 atom stereocenters. The van der Waals surface area contributed by atoms with Crippen molar-refractivity contribution in [1.29, 1.82) is 0 Å². The normalized spacial score (nSPS) is 14.6. The summed E-state index contributed by atoms with van der Waals surface area (Å²) in [6.45, 7) is 1.43. The maximum atomic E-state index is 12.3.